The summed E-state index contributed by atoms with van der Waals surface area (Å²) in [4.78, 5) is 11.0. The van der Waals surface area contributed by atoms with E-state index in [2.05, 4.69) is 6.92 Å². The van der Waals surface area contributed by atoms with Gasteiger partial charge in [-0.2, -0.15) is 0 Å². The summed E-state index contributed by atoms with van der Waals surface area (Å²) in [5, 5.41) is 0. The molecule has 0 N–H and O–H groups in total. The molecule has 0 aromatic rings. The number of methoxy groups -OCH3 is 1. The first-order valence-electron chi connectivity index (χ1n) is 5.03. The Morgan fingerprint density at radius 2 is 2.07 bits per heavy atom. The number of carbonyl (C=O) groups is 1. The van der Waals surface area contributed by atoms with Gasteiger partial charge < -0.3 is 9.47 Å². The van der Waals surface area contributed by atoms with Crippen molar-refractivity contribution < 1.29 is 14.3 Å². The van der Waals surface area contributed by atoms with Crippen molar-refractivity contribution >= 4 is 5.97 Å². The molecule has 0 saturated carbocycles. The quantitative estimate of drug-likeness (QED) is 0.487. The molecule has 0 spiro atoms. The molecule has 0 heterocycles. The molecule has 0 saturated heterocycles. The van der Waals surface area contributed by atoms with Gasteiger partial charge in [0.05, 0.1) is 12.7 Å². The third-order valence-electron chi connectivity index (χ3n) is 2.11. The highest BCUT2D eigenvalue weighted by Gasteiger charge is 2.11. The first-order chi connectivity index (χ1) is 6.65. The molecule has 0 aromatic heterocycles. The molecular weight excluding hydrogens is 180 g/mol. The van der Waals surface area contributed by atoms with E-state index in [0.717, 1.165) is 6.42 Å². The fraction of sp³-hybridized carbons (Fsp3) is 0.727. The SMILES string of the molecule is CCOC(=O)/C=C/[C@H](C)[C@H](CC)OC. The molecule has 0 aromatic carbocycles. The van der Waals surface area contributed by atoms with Gasteiger partial charge in [0.15, 0.2) is 0 Å². The van der Waals surface area contributed by atoms with Crippen LogP contribution in [0.5, 0.6) is 0 Å². The summed E-state index contributed by atoms with van der Waals surface area (Å²) in [5.41, 5.74) is 0. The molecule has 0 aliphatic heterocycles. The lowest BCUT2D eigenvalue weighted by atomic mass is 10.0. The Bertz CT molecular complexity index is 183. The second kappa shape index (κ2) is 7.56. The maximum Gasteiger partial charge on any atom is 0.330 e. The molecule has 0 radical (unpaired) electrons. The lowest BCUT2D eigenvalue weighted by Crippen LogP contribution is -2.17. The second-order valence-electron chi connectivity index (χ2n) is 3.15. The first kappa shape index (κ1) is 13.2. The maximum absolute atomic E-state index is 11.0. The molecule has 82 valence electrons. The molecule has 0 aliphatic carbocycles. The molecule has 3 nitrogen and oxygen atoms in total. The second-order valence-corrected chi connectivity index (χ2v) is 3.15. The predicted molar refractivity (Wildman–Crippen MR) is 56.0 cm³/mol. The molecule has 0 amide bonds. The average Bonchev–Trinajstić information content (AvgIpc) is 2.17. The minimum Gasteiger partial charge on any atom is -0.463 e. The zero-order valence-electron chi connectivity index (χ0n) is 9.45. The Morgan fingerprint density at radius 3 is 2.50 bits per heavy atom. The van der Waals surface area contributed by atoms with Gasteiger partial charge >= 0.3 is 5.97 Å². The predicted octanol–water partition coefficient (Wildman–Crippen LogP) is 2.17. The van der Waals surface area contributed by atoms with Crippen LogP contribution >= 0.6 is 0 Å². The van der Waals surface area contributed by atoms with Gasteiger partial charge in [0, 0.05) is 19.1 Å². The lowest BCUT2D eigenvalue weighted by molar-refractivity contribution is -0.137. The zero-order valence-corrected chi connectivity index (χ0v) is 9.45. The van der Waals surface area contributed by atoms with Crippen LogP contribution in [0.4, 0.5) is 0 Å². The molecule has 0 unspecified atom stereocenters. The highest BCUT2D eigenvalue weighted by atomic mass is 16.5. The Morgan fingerprint density at radius 1 is 1.43 bits per heavy atom. The summed E-state index contributed by atoms with van der Waals surface area (Å²) in [7, 11) is 1.68. The van der Waals surface area contributed by atoms with Crippen LogP contribution in [0, 0.1) is 5.92 Å². The smallest absolute Gasteiger partial charge is 0.330 e. The van der Waals surface area contributed by atoms with E-state index in [9.17, 15) is 4.79 Å². The summed E-state index contributed by atoms with van der Waals surface area (Å²) in [5.74, 6) is -0.0558. The van der Waals surface area contributed by atoms with E-state index in [-0.39, 0.29) is 18.0 Å². The number of carbonyl (C=O) groups excluding carboxylic acids is 1. The Balaban J connectivity index is 4.02. The summed E-state index contributed by atoms with van der Waals surface area (Å²) in [6.07, 6.45) is 4.40. The normalized spacial score (nSPS) is 15.4. The van der Waals surface area contributed by atoms with Crippen molar-refractivity contribution in [2.45, 2.75) is 33.3 Å². The monoisotopic (exact) mass is 200 g/mol. The fourth-order valence-corrected chi connectivity index (χ4v) is 1.30. The zero-order chi connectivity index (χ0) is 11.0. The Hall–Kier alpha value is -0.830. The van der Waals surface area contributed by atoms with Gasteiger partial charge in [0.2, 0.25) is 0 Å². The molecule has 0 fully saturated rings. The minimum atomic E-state index is -0.287. The van der Waals surface area contributed by atoms with Crippen molar-refractivity contribution in [2.24, 2.45) is 5.92 Å². The van der Waals surface area contributed by atoms with Crippen molar-refractivity contribution in [3.05, 3.63) is 12.2 Å². The van der Waals surface area contributed by atoms with Crippen LogP contribution in [0.1, 0.15) is 27.2 Å². The standard InChI is InChI=1S/C11H20O3/c1-5-10(13-4)9(3)7-8-11(12)14-6-2/h7-10H,5-6H2,1-4H3/b8-7+/t9-,10-/m0/s1. The van der Waals surface area contributed by atoms with Crippen LogP contribution in [0.3, 0.4) is 0 Å². The fourth-order valence-electron chi connectivity index (χ4n) is 1.30. The highest BCUT2D eigenvalue weighted by Crippen LogP contribution is 2.11. The molecular formula is C11H20O3. The topological polar surface area (TPSA) is 35.5 Å². The van der Waals surface area contributed by atoms with Gasteiger partial charge in [-0.05, 0) is 13.3 Å². The number of hydrogen-bond donors (Lipinski definition) is 0. The summed E-state index contributed by atoms with van der Waals surface area (Å²) < 4.78 is 10.0. The van der Waals surface area contributed by atoms with Crippen molar-refractivity contribution in [3.63, 3.8) is 0 Å². The number of rotatable bonds is 6. The van der Waals surface area contributed by atoms with Crippen molar-refractivity contribution in [3.8, 4) is 0 Å². The first-order valence-corrected chi connectivity index (χ1v) is 5.03. The van der Waals surface area contributed by atoms with Gasteiger partial charge in [0.25, 0.3) is 0 Å². The number of hydrogen-bond acceptors (Lipinski definition) is 3. The third-order valence-corrected chi connectivity index (χ3v) is 2.11. The van der Waals surface area contributed by atoms with Crippen molar-refractivity contribution in [1.29, 1.82) is 0 Å². The van der Waals surface area contributed by atoms with Crippen molar-refractivity contribution in [2.75, 3.05) is 13.7 Å². The number of esters is 1. The molecule has 14 heavy (non-hydrogen) atoms. The van der Waals surface area contributed by atoms with E-state index in [4.69, 9.17) is 9.47 Å². The van der Waals surface area contributed by atoms with E-state index in [1.54, 1.807) is 14.0 Å². The van der Waals surface area contributed by atoms with Crippen LogP contribution in [-0.2, 0) is 14.3 Å². The van der Waals surface area contributed by atoms with Crippen LogP contribution in [0.15, 0.2) is 12.2 Å². The number of ether oxygens (including phenoxy) is 2. The van der Waals surface area contributed by atoms with Gasteiger partial charge in [-0.15, -0.1) is 0 Å². The Kier molecular flexibility index (Phi) is 7.11. The average molecular weight is 200 g/mol. The summed E-state index contributed by atoms with van der Waals surface area (Å²) >= 11 is 0. The van der Waals surface area contributed by atoms with Crippen LogP contribution in [-0.4, -0.2) is 25.8 Å². The van der Waals surface area contributed by atoms with Gasteiger partial charge in [-0.3, -0.25) is 0 Å². The van der Waals surface area contributed by atoms with Crippen LogP contribution in [0.25, 0.3) is 0 Å². The highest BCUT2D eigenvalue weighted by molar-refractivity contribution is 5.81. The van der Waals surface area contributed by atoms with Crippen molar-refractivity contribution in [1.82, 2.24) is 0 Å². The van der Waals surface area contributed by atoms with E-state index in [1.165, 1.54) is 6.08 Å². The van der Waals surface area contributed by atoms with Gasteiger partial charge in [0.1, 0.15) is 0 Å². The van der Waals surface area contributed by atoms with E-state index in [1.807, 2.05) is 13.0 Å². The van der Waals surface area contributed by atoms with Gasteiger partial charge in [-0.1, -0.05) is 19.9 Å². The molecule has 2 atom stereocenters. The largest absolute Gasteiger partial charge is 0.463 e. The molecule has 0 aliphatic rings. The minimum absolute atomic E-state index is 0.167. The lowest BCUT2D eigenvalue weighted by Gasteiger charge is -2.17. The molecule has 3 heteroatoms. The summed E-state index contributed by atoms with van der Waals surface area (Å²) in [6, 6.07) is 0. The molecule has 0 bridgehead atoms. The third kappa shape index (κ3) is 5.02. The van der Waals surface area contributed by atoms with E-state index < -0.39 is 0 Å². The van der Waals surface area contributed by atoms with Crippen LogP contribution in [0.2, 0.25) is 0 Å². The molecule has 0 rings (SSSR count). The van der Waals surface area contributed by atoms with Gasteiger partial charge in [-0.25, -0.2) is 4.79 Å². The van der Waals surface area contributed by atoms with E-state index in [0.29, 0.717) is 6.61 Å². The maximum atomic E-state index is 11.0. The van der Waals surface area contributed by atoms with E-state index >= 15 is 0 Å². The Labute approximate surface area is 86.1 Å². The summed E-state index contributed by atoms with van der Waals surface area (Å²) in [6.45, 7) is 6.29. The van der Waals surface area contributed by atoms with Crippen LogP contribution < -0.4 is 0 Å².